The van der Waals surface area contributed by atoms with Gasteiger partial charge < -0.3 is 5.32 Å². The number of hydrogen-bond acceptors (Lipinski definition) is 3. The Kier molecular flexibility index (Phi) is 6.52. The van der Waals surface area contributed by atoms with Crippen LogP contribution in [0.15, 0.2) is 54.6 Å². The Balaban J connectivity index is 1.78. The molecule has 0 saturated carbocycles. The lowest BCUT2D eigenvalue weighted by Gasteiger charge is -2.35. The standard InChI is InChI=1S/C22H28N2O3S/c1-3-17(18-10-6-5-7-11-18)15-23-22(25)21-14-19-12-8-9-13-20(19)16-24(21)28(26,27)4-2/h5-13,17,21H,3-4,14-16H2,1-2H3,(H,23,25)/t17-,21+/m1/s1. The van der Waals surface area contributed by atoms with Gasteiger partial charge in [-0.25, -0.2) is 8.42 Å². The minimum absolute atomic E-state index is 0.0133. The number of nitrogens with zero attached hydrogens (tertiary/aromatic N) is 1. The summed E-state index contributed by atoms with van der Waals surface area (Å²) in [6.45, 7) is 4.46. The third-order valence-corrected chi connectivity index (χ3v) is 7.34. The molecule has 1 N–H and O–H groups in total. The zero-order valence-electron chi connectivity index (χ0n) is 16.5. The van der Waals surface area contributed by atoms with Gasteiger partial charge in [0.1, 0.15) is 6.04 Å². The molecule has 2 aromatic rings. The van der Waals surface area contributed by atoms with Crippen LogP contribution in [0.1, 0.15) is 42.9 Å². The summed E-state index contributed by atoms with van der Waals surface area (Å²) in [5.74, 6) is -0.0289. The van der Waals surface area contributed by atoms with Crippen LogP contribution in [0.5, 0.6) is 0 Å². The van der Waals surface area contributed by atoms with Crippen molar-refractivity contribution in [1.82, 2.24) is 9.62 Å². The largest absolute Gasteiger partial charge is 0.354 e. The third-order valence-electron chi connectivity index (χ3n) is 5.52. The van der Waals surface area contributed by atoms with Crippen molar-refractivity contribution in [2.75, 3.05) is 12.3 Å². The van der Waals surface area contributed by atoms with Gasteiger partial charge in [0.25, 0.3) is 0 Å². The lowest BCUT2D eigenvalue weighted by atomic mass is 9.94. The van der Waals surface area contributed by atoms with Gasteiger partial charge in [-0.1, -0.05) is 61.5 Å². The maximum atomic E-state index is 13.0. The highest BCUT2D eigenvalue weighted by atomic mass is 32.2. The van der Waals surface area contributed by atoms with Crippen molar-refractivity contribution in [3.8, 4) is 0 Å². The Morgan fingerprint density at radius 1 is 1.07 bits per heavy atom. The van der Waals surface area contributed by atoms with Gasteiger partial charge in [-0.15, -0.1) is 0 Å². The van der Waals surface area contributed by atoms with Crippen LogP contribution in [0.3, 0.4) is 0 Å². The number of nitrogens with one attached hydrogen (secondary N) is 1. The van der Waals surface area contributed by atoms with Crippen molar-refractivity contribution < 1.29 is 13.2 Å². The highest BCUT2D eigenvalue weighted by Crippen LogP contribution is 2.26. The van der Waals surface area contributed by atoms with Crippen LogP contribution in [0, 0.1) is 0 Å². The molecule has 0 spiro atoms. The topological polar surface area (TPSA) is 66.5 Å². The van der Waals surface area contributed by atoms with Crippen molar-refractivity contribution in [2.24, 2.45) is 0 Å². The van der Waals surface area contributed by atoms with E-state index in [4.69, 9.17) is 0 Å². The Labute approximate surface area is 167 Å². The number of amides is 1. The van der Waals surface area contributed by atoms with Crippen LogP contribution in [0.25, 0.3) is 0 Å². The van der Waals surface area contributed by atoms with Gasteiger partial charge in [0.2, 0.25) is 15.9 Å². The maximum absolute atomic E-state index is 13.0. The SMILES string of the molecule is CC[C@H](CNC(=O)[C@@H]1Cc2ccccc2CN1S(=O)(=O)CC)c1ccccc1. The van der Waals surface area contributed by atoms with E-state index in [2.05, 4.69) is 24.4 Å². The van der Waals surface area contributed by atoms with Gasteiger partial charge >= 0.3 is 0 Å². The fourth-order valence-corrected chi connectivity index (χ4v) is 4.97. The van der Waals surface area contributed by atoms with Gasteiger partial charge in [-0.05, 0) is 36.5 Å². The Morgan fingerprint density at radius 2 is 1.71 bits per heavy atom. The molecule has 0 bridgehead atoms. The number of benzene rings is 2. The van der Waals surface area contributed by atoms with Crippen LogP contribution < -0.4 is 5.32 Å². The van der Waals surface area contributed by atoms with E-state index in [9.17, 15) is 13.2 Å². The predicted octanol–water partition coefficient (Wildman–Crippen LogP) is 3.07. The van der Waals surface area contributed by atoms with Gasteiger partial charge in [0.15, 0.2) is 0 Å². The van der Waals surface area contributed by atoms with Crippen LogP contribution >= 0.6 is 0 Å². The van der Waals surface area contributed by atoms with Gasteiger partial charge in [0.05, 0.1) is 5.75 Å². The second kappa shape index (κ2) is 8.88. The molecule has 0 saturated heterocycles. The molecule has 3 rings (SSSR count). The lowest BCUT2D eigenvalue weighted by Crippen LogP contribution is -2.53. The molecule has 2 aromatic carbocycles. The second-order valence-electron chi connectivity index (χ2n) is 7.20. The van der Waals surface area contributed by atoms with Crippen molar-refractivity contribution in [2.45, 2.75) is 45.2 Å². The summed E-state index contributed by atoms with van der Waals surface area (Å²) in [5.41, 5.74) is 3.19. The fourth-order valence-electron chi connectivity index (χ4n) is 3.75. The molecule has 150 valence electrons. The first-order chi connectivity index (χ1) is 13.5. The van der Waals surface area contributed by atoms with E-state index >= 15 is 0 Å². The third kappa shape index (κ3) is 4.45. The molecule has 0 fully saturated rings. The predicted molar refractivity (Wildman–Crippen MR) is 111 cm³/mol. The summed E-state index contributed by atoms with van der Waals surface area (Å²) >= 11 is 0. The normalized spacial score (nSPS) is 18.3. The molecule has 1 aliphatic heterocycles. The summed E-state index contributed by atoms with van der Waals surface area (Å²) < 4.78 is 26.7. The van der Waals surface area contributed by atoms with Crippen molar-refractivity contribution >= 4 is 15.9 Å². The molecule has 0 aliphatic carbocycles. The fraction of sp³-hybridized carbons (Fsp3) is 0.409. The van der Waals surface area contributed by atoms with Crippen LogP contribution in [0.2, 0.25) is 0 Å². The molecule has 0 unspecified atom stereocenters. The average molecular weight is 401 g/mol. The molecule has 1 heterocycles. The smallest absolute Gasteiger partial charge is 0.238 e. The molecule has 28 heavy (non-hydrogen) atoms. The van der Waals surface area contributed by atoms with Gasteiger partial charge in [0, 0.05) is 19.0 Å². The zero-order valence-corrected chi connectivity index (χ0v) is 17.3. The van der Waals surface area contributed by atoms with E-state index < -0.39 is 16.1 Å². The van der Waals surface area contributed by atoms with Crippen molar-refractivity contribution in [1.29, 1.82) is 0 Å². The number of hydrogen-bond donors (Lipinski definition) is 1. The molecule has 1 aliphatic rings. The zero-order chi connectivity index (χ0) is 20.1. The molecule has 1 amide bonds. The second-order valence-corrected chi connectivity index (χ2v) is 9.41. The van der Waals surface area contributed by atoms with Crippen molar-refractivity contribution in [3.63, 3.8) is 0 Å². The van der Waals surface area contributed by atoms with E-state index in [0.29, 0.717) is 13.0 Å². The Morgan fingerprint density at radius 3 is 2.36 bits per heavy atom. The number of carbonyl (C=O) groups excluding carboxylic acids is 1. The average Bonchev–Trinajstić information content (AvgIpc) is 2.73. The van der Waals surface area contributed by atoms with Crippen LogP contribution in [-0.2, 0) is 27.8 Å². The number of rotatable bonds is 7. The van der Waals surface area contributed by atoms with Crippen LogP contribution in [-0.4, -0.2) is 37.0 Å². The first-order valence-corrected chi connectivity index (χ1v) is 11.5. The first kappa shape index (κ1) is 20.6. The quantitative estimate of drug-likeness (QED) is 0.777. The van der Waals surface area contributed by atoms with E-state index in [1.165, 1.54) is 9.87 Å². The van der Waals surface area contributed by atoms with E-state index in [0.717, 1.165) is 17.5 Å². The Bertz CT molecular complexity index is 912. The van der Waals surface area contributed by atoms with Gasteiger partial charge in [-0.3, -0.25) is 4.79 Å². The summed E-state index contributed by atoms with van der Waals surface area (Å²) in [6, 6.07) is 17.1. The minimum atomic E-state index is -3.48. The number of sulfonamides is 1. The lowest BCUT2D eigenvalue weighted by molar-refractivity contribution is -0.125. The van der Waals surface area contributed by atoms with E-state index in [1.54, 1.807) is 6.92 Å². The Hall–Kier alpha value is -2.18. The summed E-state index contributed by atoms with van der Waals surface area (Å²) in [4.78, 5) is 13.0. The number of fused-ring (bicyclic) bond motifs is 1. The number of carbonyl (C=O) groups is 1. The minimum Gasteiger partial charge on any atom is -0.354 e. The molecular formula is C22H28N2O3S. The molecule has 6 heteroatoms. The van der Waals surface area contributed by atoms with E-state index in [-0.39, 0.29) is 24.1 Å². The van der Waals surface area contributed by atoms with E-state index in [1.807, 2.05) is 42.5 Å². The summed E-state index contributed by atoms with van der Waals surface area (Å²) in [6.07, 6.45) is 1.30. The monoisotopic (exact) mass is 400 g/mol. The summed E-state index contributed by atoms with van der Waals surface area (Å²) in [5, 5.41) is 3.01. The molecular weight excluding hydrogens is 372 g/mol. The highest BCUT2D eigenvalue weighted by molar-refractivity contribution is 7.89. The highest BCUT2D eigenvalue weighted by Gasteiger charge is 2.37. The maximum Gasteiger partial charge on any atom is 0.238 e. The molecule has 0 radical (unpaired) electrons. The van der Waals surface area contributed by atoms with Crippen molar-refractivity contribution in [3.05, 3.63) is 71.3 Å². The molecule has 5 nitrogen and oxygen atoms in total. The van der Waals surface area contributed by atoms with Crippen LogP contribution in [0.4, 0.5) is 0 Å². The summed E-state index contributed by atoms with van der Waals surface area (Å²) in [7, 11) is -3.48. The first-order valence-electron chi connectivity index (χ1n) is 9.85. The van der Waals surface area contributed by atoms with Gasteiger partial charge in [-0.2, -0.15) is 4.31 Å². The molecule has 0 aromatic heterocycles. The molecule has 2 atom stereocenters.